The zero-order valence-corrected chi connectivity index (χ0v) is 17.9. The van der Waals surface area contributed by atoms with E-state index in [1.807, 2.05) is 0 Å². The van der Waals surface area contributed by atoms with E-state index in [0.717, 1.165) is 12.8 Å². The molecule has 0 unspecified atom stereocenters. The van der Waals surface area contributed by atoms with E-state index in [9.17, 15) is 14.7 Å². The van der Waals surface area contributed by atoms with Crippen molar-refractivity contribution in [2.75, 3.05) is 6.61 Å². The number of esters is 1. The molecular weight excluding hydrogens is 382 g/mol. The molecule has 0 fully saturated rings. The van der Waals surface area contributed by atoms with Crippen molar-refractivity contribution in [2.45, 2.75) is 65.2 Å². The van der Waals surface area contributed by atoms with Crippen LogP contribution in [0.4, 0.5) is 5.69 Å². The van der Waals surface area contributed by atoms with Gasteiger partial charge in [0.15, 0.2) is 0 Å². The summed E-state index contributed by atoms with van der Waals surface area (Å²) >= 11 is 0. The summed E-state index contributed by atoms with van der Waals surface area (Å²) in [7, 11) is 0. The molecular formula is C24H31NO5. The zero-order valence-electron chi connectivity index (χ0n) is 17.9. The van der Waals surface area contributed by atoms with Crippen molar-refractivity contribution < 1.29 is 19.1 Å². The van der Waals surface area contributed by atoms with Crippen LogP contribution in [0.5, 0.6) is 5.75 Å². The molecule has 1 N–H and O–H groups in total. The lowest BCUT2D eigenvalue weighted by atomic mass is 10.1. The zero-order chi connectivity index (χ0) is 21.8. The number of benzene rings is 1. The molecule has 0 saturated heterocycles. The third-order valence-corrected chi connectivity index (χ3v) is 4.77. The number of ether oxygens (including phenoxy) is 1. The molecule has 1 heterocycles. The number of aliphatic imine (C=N–C) groups is 1. The fourth-order valence-corrected chi connectivity index (χ4v) is 3.03. The van der Waals surface area contributed by atoms with Gasteiger partial charge in [-0.2, -0.15) is 0 Å². The normalized spacial score (nSPS) is 11.1. The lowest BCUT2D eigenvalue weighted by molar-refractivity contribution is 0.0497. The lowest BCUT2D eigenvalue weighted by Crippen LogP contribution is -2.07. The lowest BCUT2D eigenvalue weighted by Gasteiger charge is -2.05. The molecule has 0 spiro atoms. The van der Waals surface area contributed by atoms with E-state index in [4.69, 9.17) is 9.15 Å². The van der Waals surface area contributed by atoms with Crippen LogP contribution in [0, 0.1) is 6.92 Å². The summed E-state index contributed by atoms with van der Waals surface area (Å²) in [5.74, 6) is -0.219. The average Bonchev–Trinajstić information content (AvgIpc) is 2.72. The van der Waals surface area contributed by atoms with Gasteiger partial charge < -0.3 is 14.3 Å². The molecule has 2 rings (SSSR count). The molecule has 0 saturated carbocycles. The minimum absolute atomic E-state index is 0.0190. The van der Waals surface area contributed by atoms with Gasteiger partial charge in [0.05, 0.1) is 17.9 Å². The van der Waals surface area contributed by atoms with E-state index in [0.29, 0.717) is 23.6 Å². The fraction of sp³-hybridized carbons (Fsp3) is 0.458. The number of hydrogen-bond acceptors (Lipinski definition) is 6. The first-order valence-corrected chi connectivity index (χ1v) is 10.7. The highest BCUT2D eigenvalue weighted by molar-refractivity contribution is 5.90. The molecule has 0 aliphatic heterocycles. The van der Waals surface area contributed by atoms with Crippen LogP contribution >= 0.6 is 0 Å². The Kier molecular flexibility index (Phi) is 9.84. The number of hydrogen-bond donors (Lipinski definition) is 1. The molecule has 1 aromatic heterocycles. The third-order valence-electron chi connectivity index (χ3n) is 4.77. The van der Waals surface area contributed by atoms with Crippen molar-refractivity contribution in [3.8, 4) is 5.75 Å². The summed E-state index contributed by atoms with van der Waals surface area (Å²) in [6.07, 6.45) is 10.8. The monoisotopic (exact) mass is 413 g/mol. The fourth-order valence-electron chi connectivity index (χ4n) is 3.03. The Balaban J connectivity index is 1.76. The van der Waals surface area contributed by atoms with E-state index in [2.05, 4.69) is 11.9 Å². The molecule has 30 heavy (non-hydrogen) atoms. The Morgan fingerprint density at radius 3 is 2.33 bits per heavy atom. The molecule has 6 heteroatoms. The van der Waals surface area contributed by atoms with Crippen molar-refractivity contribution in [3.63, 3.8) is 0 Å². The molecule has 0 bridgehead atoms. The van der Waals surface area contributed by atoms with Gasteiger partial charge in [0.1, 0.15) is 17.1 Å². The summed E-state index contributed by atoms with van der Waals surface area (Å²) in [6.45, 7) is 4.22. The Labute approximate surface area is 177 Å². The maximum absolute atomic E-state index is 12.1. The van der Waals surface area contributed by atoms with Gasteiger partial charge in [-0.25, -0.2) is 9.59 Å². The molecule has 0 amide bonds. The van der Waals surface area contributed by atoms with Crippen LogP contribution in [0.25, 0.3) is 0 Å². The van der Waals surface area contributed by atoms with Crippen molar-refractivity contribution in [3.05, 3.63) is 57.6 Å². The van der Waals surface area contributed by atoms with E-state index in [1.54, 1.807) is 31.2 Å². The second kappa shape index (κ2) is 12.6. The molecule has 162 valence electrons. The van der Waals surface area contributed by atoms with Gasteiger partial charge in [-0.1, -0.05) is 51.9 Å². The highest BCUT2D eigenvalue weighted by Gasteiger charge is 2.08. The number of unbranched alkanes of at least 4 members (excludes halogenated alkanes) is 7. The van der Waals surface area contributed by atoms with Crippen molar-refractivity contribution in [1.82, 2.24) is 0 Å². The van der Waals surface area contributed by atoms with Crippen LogP contribution in [-0.2, 0) is 4.74 Å². The number of carbonyl (C=O) groups is 1. The highest BCUT2D eigenvalue weighted by atomic mass is 16.5. The van der Waals surface area contributed by atoms with Gasteiger partial charge in [0.25, 0.3) is 0 Å². The van der Waals surface area contributed by atoms with E-state index < -0.39 is 5.63 Å². The Bertz CT molecular complexity index is 883. The second-order valence-electron chi connectivity index (χ2n) is 7.36. The minimum Gasteiger partial charge on any atom is -0.507 e. The molecule has 1 aromatic carbocycles. The van der Waals surface area contributed by atoms with E-state index >= 15 is 0 Å². The molecule has 0 atom stereocenters. The van der Waals surface area contributed by atoms with Gasteiger partial charge in [0, 0.05) is 12.3 Å². The van der Waals surface area contributed by atoms with Crippen LogP contribution in [-0.4, -0.2) is 23.9 Å². The van der Waals surface area contributed by atoms with Crippen molar-refractivity contribution >= 4 is 17.9 Å². The SMILES string of the molecule is CCCCCCCCCCOC(=O)c1ccc(N=Cc2c(O)cc(C)oc2=O)cc1. The number of nitrogens with zero attached hydrogens (tertiary/aromatic N) is 1. The molecule has 6 nitrogen and oxygen atoms in total. The van der Waals surface area contributed by atoms with Gasteiger partial charge >= 0.3 is 11.6 Å². The summed E-state index contributed by atoms with van der Waals surface area (Å²) in [4.78, 5) is 28.0. The summed E-state index contributed by atoms with van der Waals surface area (Å²) in [5, 5.41) is 9.84. The van der Waals surface area contributed by atoms with Gasteiger partial charge in [-0.15, -0.1) is 0 Å². The predicted molar refractivity (Wildman–Crippen MR) is 118 cm³/mol. The Hall–Kier alpha value is -2.89. The van der Waals surface area contributed by atoms with E-state index in [-0.39, 0.29) is 17.3 Å². The molecule has 0 aliphatic carbocycles. The molecule has 0 aliphatic rings. The molecule has 2 aromatic rings. The van der Waals surface area contributed by atoms with Gasteiger partial charge in [-0.3, -0.25) is 4.99 Å². The van der Waals surface area contributed by atoms with E-state index in [1.165, 1.54) is 50.8 Å². The first-order chi connectivity index (χ1) is 14.5. The second-order valence-corrected chi connectivity index (χ2v) is 7.36. The average molecular weight is 414 g/mol. The van der Waals surface area contributed by atoms with Crippen molar-refractivity contribution in [2.24, 2.45) is 4.99 Å². The van der Waals surface area contributed by atoms with Crippen LogP contribution in [0.1, 0.15) is 80.0 Å². The number of carbonyl (C=O) groups excluding carboxylic acids is 1. The van der Waals surface area contributed by atoms with Gasteiger partial charge in [0.2, 0.25) is 0 Å². The van der Waals surface area contributed by atoms with Crippen LogP contribution in [0.15, 0.2) is 44.5 Å². The number of aromatic hydroxyl groups is 1. The summed E-state index contributed by atoms with van der Waals surface area (Å²) in [6, 6.07) is 7.90. The minimum atomic E-state index is -0.655. The number of aryl methyl sites for hydroxylation is 1. The maximum atomic E-state index is 12.1. The van der Waals surface area contributed by atoms with Crippen molar-refractivity contribution in [1.29, 1.82) is 0 Å². The summed E-state index contributed by atoms with van der Waals surface area (Å²) < 4.78 is 10.3. The smallest absolute Gasteiger partial charge is 0.348 e. The first kappa shape index (κ1) is 23.4. The van der Waals surface area contributed by atoms with Crippen LogP contribution in [0.3, 0.4) is 0 Å². The Morgan fingerprint density at radius 1 is 1.07 bits per heavy atom. The van der Waals surface area contributed by atoms with Crippen LogP contribution in [0.2, 0.25) is 0 Å². The third kappa shape index (κ3) is 7.85. The summed E-state index contributed by atoms with van der Waals surface area (Å²) in [5.41, 5.74) is 0.312. The van der Waals surface area contributed by atoms with Crippen LogP contribution < -0.4 is 5.63 Å². The predicted octanol–water partition coefficient (Wildman–Crippen LogP) is 5.70. The Morgan fingerprint density at radius 2 is 1.70 bits per heavy atom. The topological polar surface area (TPSA) is 89.1 Å². The number of rotatable bonds is 12. The largest absolute Gasteiger partial charge is 0.507 e. The quantitative estimate of drug-likeness (QED) is 0.274. The first-order valence-electron chi connectivity index (χ1n) is 10.7. The highest BCUT2D eigenvalue weighted by Crippen LogP contribution is 2.17. The molecule has 0 radical (unpaired) electrons. The maximum Gasteiger partial charge on any atom is 0.348 e. The standard InChI is InChI=1S/C24H31NO5/c1-3-4-5-6-7-8-9-10-15-29-23(27)19-11-13-20(14-12-19)25-17-21-22(26)16-18(2)30-24(21)28/h11-14,16-17,26H,3-10,15H2,1-2H3. The van der Waals surface area contributed by atoms with Gasteiger partial charge in [-0.05, 0) is 37.6 Å².